The summed E-state index contributed by atoms with van der Waals surface area (Å²) in [5.41, 5.74) is 0.276. The summed E-state index contributed by atoms with van der Waals surface area (Å²) in [6.45, 7) is 4.19. The fraction of sp³-hybridized carbons (Fsp3) is 0.714. The van der Waals surface area contributed by atoms with Crippen LogP contribution in [0.2, 0.25) is 0 Å². The standard InChI is InChI=1S/C21H32F3N3/c1-26-13-8-19(9-14-26)27(2)20(10-4-12-25-16-20)11-7-17-5-3-6-18(15-17)21(22,23)24/h3,5-6,15,19,25H,4,7-14,16H2,1-2H3/t20-/m1/s1. The molecule has 1 N–H and O–H groups in total. The van der Waals surface area contributed by atoms with Crippen LogP contribution in [-0.2, 0) is 12.6 Å². The van der Waals surface area contributed by atoms with Crippen LogP contribution in [0, 0.1) is 0 Å². The van der Waals surface area contributed by atoms with Crippen molar-refractivity contribution >= 4 is 0 Å². The lowest BCUT2D eigenvalue weighted by Crippen LogP contribution is -2.60. The first-order valence-electron chi connectivity index (χ1n) is 10.1. The molecule has 0 aliphatic carbocycles. The van der Waals surface area contributed by atoms with Crippen molar-refractivity contribution in [3.63, 3.8) is 0 Å². The predicted molar refractivity (Wildman–Crippen MR) is 103 cm³/mol. The maximum absolute atomic E-state index is 13.0. The number of likely N-dealkylation sites (tertiary alicyclic amines) is 1. The smallest absolute Gasteiger partial charge is 0.315 e. The molecular weight excluding hydrogens is 351 g/mol. The minimum absolute atomic E-state index is 0.0348. The van der Waals surface area contributed by atoms with Gasteiger partial charge >= 0.3 is 6.18 Å². The molecule has 3 nitrogen and oxygen atoms in total. The van der Waals surface area contributed by atoms with Gasteiger partial charge in [-0.3, -0.25) is 4.90 Å². The van der Waals surface area contributed by atoms with Crippen molar-refractivity contribution in [2.75, 3.05) is 40.3 Å². The SMILES string of the molecule is CN1CCC(N(C)[C@@]2(CCc3cccc(C(F)(F)F)c3)CCCNC2)CC1. The quantitative estimate of drug-likeness (QED) is 0.835. The molecule has 1 aromatic rings. The number of hydrogen-bond acceptors (Lipinski definition) is 3. The summed E-state index contributed by atoms with van der Waals surface area (Å²) in [6.07, 6.45) is 1.87. The van der Waals surface area contributed by atoms with Gasteiger partial charge in [0.1, 0.15) is 0 Å². The van der Waals surface area contributed by atoms with Gasteiger partial charge in [-0.1, -0.05) is 18.2 Å². The molecule has 0 unspecified atom stereocenters. The Kier molecular flexibility index (Phi) is 6.49. The molecule has 0 aromatic heterocycles. The molecule has 1 aromatic carbocycles. The van der Waals surface area contributed by atoms with Gasteiger partial charge in [-0.05, 0) is 83.9 Å². The van der Waals surface area contributed by atoms with Crippen molar-refractivity contribution in [1.82, 2.24) is 15.1 Å². The second-order valence-corrected chi connectivity index (χ2v) is 8.35. The fourth-order valence-electron chi connectivity index (χ4n) is 4.69. The van der Waals surface area contributed by atoms with E-state index in [1.54, 1.807) is 0 Å². The van der Waals surface area contributed by atoms with E-state index in [1.165, 1.54) is 12.1 Å². The summed E-state index contributed by atoms with van der Waals surface area (Å²) >= 11 is 0. The van der Waals surface area contributed by atoms with Gasteiger partial charge in [-0.2, -0.15) is 13.2 Å². The third kappa shape index (κ3) is 5.04. The Hall–Kier alpha value is -1.11. The molecule has 2 heterocycles. The zero-order valence-corrected chi connectivity index (χ0v) is 16.5. The Bertz CT molecular complexity index is 603. The number of nitrogens with one attached hydrogen (secondary N) is 1. The van der Waals surface area contributed by atoms with E-state index in [2.05, 4.69) is 29.2 Å². The van der Waals surface area contributed by atoms with Gasteiger partial charge in [0.15, 0.2) is 0 Å². The zero-order valence-electron chi connectivity index (χ0n) is 16.5. The van der Waals surface area contributed by atoms with E-state index >= 15 is 0 Å². The highest BCUT2D eigenvalue weighted by Crippen LogP contribution is 2.34. The number of nitrogens with zero attached hydrogens (tertiary/aromatic N) is 2. The topological polar surface area (TPSA) is 18.5 Å². The molecule has 2 aliphatic heterocycles. The van der Waals surface area contributed by atoms with Crippen molar-refractivity contribution in [3.8, 4) is 0 Å². The van der Waals surface area contributed by atoms with Crippen LogP contribution < -0.4 is 5.32 Å². The number of alkyl halides is 3. The number of rotatable bonds is 5. The summed E-state index contributed by atoms with van der Waals surface area (Å²) in [6, 6.07) is 6.40. The van der Waals surface area contributed by atoms with Crippen LogP contribution >= 0.6 is 0 Å². The zero-order chi connectivity index (χ0) is 19.5. The molecule has 0 spiro atoms. The molecule has 3 rings (SSSR count). The Labute approximate surface area is 160 Å². The van der Waals surface area contributed by atoms with Crippen LogP contribution in [0.15, 0.2) is 24.3 Å². The predicted octanol–water partition coefficient (Wildman–Crippen LogP) is 3.79. The number of aryl methyl sites for hydroxylation is 1. The highest BCUT2D eigenvalue weighted by atomic mass is 19.4. The summed E-state index contributed by atoms with van der Waals surface area (Å²) in [5, 5.41) is 3.54. The molecule has 152 valence electrons. The first kappa shape index (κ1) is 20.6. The molecule has 0 saturated carbocycles. The number of hydrogen-bond donors (Lipinski definition) is 1. The molecule has 0 amide bonds. The van der Waals surface area contributed by atoms with Crippen molar-refractivity contribution in [2.24, 2.45) is 0 Å². The van der Waals surface area contributed by atoms with Crippen LogP contribution in [0.25, 0.3) is 0 Å². The summed E-state index contributed by atoms with van der Waals surface area (Å²) in [5.74, 6) is 0. The molecule has 0 bridgehead atoms. The van der Waals surface area contributed by atoms with Gasteiger partial charge in [-0.15, -0.1) is 0 Å². The van der Waals surface area contributed by atoms with Crippen LogP contribution in [-0.4, -0.2) is 61.7 Å². The minimum Gasteiger partial charge on any atom is -0.315 e. The van der Waals surface area contributed by atoms with Crippen LogP contribution in [0.5, 0.6) is 0 Å². The molecule has 0 radical (unpaired) electrons. The van der Waals surface area contributed by atoms with E-state index in [9.17, 15) is 13.2 Å². The van der Waals surface area contributed by atoms with Crippen molar-refractivity contribution in [3.05, 3.63) is 35.4 Å². The summed E-state index contributed by atoms with van der Waals surface area (Å²) in [4.78, 5) is 4.93. The van der Waals surface area contributed by atoms with Crippen LogP contribution in [0.1, 0.15) is 43.2 Å². The Balaban J connectivity index is 1.71. The van der Waals surface area contributed by atoms with E-state index in [-0.39, 0.29) is 5.54 Å². The number of halogens is 3. The highest BCUT2D eigenvalue weighted by Gasteiger charge is 2.39. The molecule has 2 fully saturated rings. The third-order valence-electron chi connectivity index (χ3n) is 6.57. The molecule has 1 atom stereocenters. The summed E-state index contributed by atoms with van der Waals surface area (Å²) < 4.78 is 39.1. The van der Waals surface area contributed by atoms with Gasteiger partial charge in [-0.25, -0.2) is 0 Å². The van der Waals surface area contributed by atoms with Crippen molar-refractivity contribution < 1.29 is 13.2 Å². The molecule has 2 aliphatic rings. The lowest BCUT2D eigenvalue weighted by molar-refractivity contribution is -0.137. The van der Waals surface area contributed by atoms with E-state index in [0.29, 0.717) is 12.5 Å². The van der Waals surface area contributed by atoms with Crippen molar-refractivity contribution in [1.29, 1.82) is 0 Å². The molecule has 27 heavy (non-hydrogen) atoms. The van der Waals surface area contributed by atoms with E-state index < -0.39 is 11.7 Å². The first-order chi connectivity index (χ1) is 12.8. The lowest BCUT2D eigenvalue weighted by atomic mass is 9.81. The second-order valence-electron chi connectivity index (χ2n) is 8.35. The van der Waals surface area contributed by atoms with Crippen LogP contribution in [0.4, 0.5) is 13.2 Å². The van der Waals surface area contributed by atoms with Gasteiger partial charge in [0.05, 0.1) is 5.56 Å². The molecular formula is C21H32F3N3. The Morgan fingerprint density at radius 1 is 1.26 bits per heavy atom. The largest absolute Gasteiger partial charge is 0.416 e. The van der Waals surface area contributed by atoms with E-state index in [0.717, 1.165) is 69.9 Å². The van der Waals surface area contributed by atoms with Gasteiger partial charge in [0.2, 0.25) is 0 Å². The average Bonchev–Trinajstić information content (AvgIpc) is 2.67. The van der Waals surface area contributed by atoms with Crippen LogP contribution in [0.3, 0.4) is 0 Å². The maximum atomic E-state index is 13.0. The van der Waals surface area contributed by atoms with E-state index in [4.69, 9.17) is 0 Å². The average molecular weight is 384 g/mol. The number of likely N-dealkylation sites (N-methyl/N-ethyl adjacent to an activating group) is 1. The first-order valence-corrected chi connectivity index (χ1v) is 10.1. The normalized spacial score (nSPS) is 25.9. The summed E-state index contributed by atoms with van der Waals surface area (Å²) in [7, 11) is 4.40. The molecule has 6 heteroatoms. The monoisotopic (exact) mass is 383 g/mol. The Morgan fingerprint density at radius 3 is 2.63 bits per heavy atom. The minimum atomic E-state index is -4.27. The highest BCUT2D eigenvalue weighted by molar-refractivity contribution is 5.26. The van der Waals surface area contributed by atoms with Gasteiger partial charge in [0.25, 0.3) is 0 Å². The number of piperidine rings is 2. The Morgan fingerprint density at radius 2 is 2.00 bits per heavy atom. The molecule has 2 saturated heterocycles. The lowest BCUT2D eigenvalue weighted by Gasteiger charge is -2.50. The fourth-order valence-corrected chi connectivity index (χ4v) is 4.69. The van der Waals surface area contributed by atoms with E-state index in [1.807, 2.05) is 6.07 Å². The van der Waals surface area contributed by atoms with Crippen molar-refractivity contribution in [2.45, 2.75) is 56.3 Å². The second kappa shape index (κ2) is 8.50. The maximum Gasteiger partial charge on any atom is 0.416 e. The number of benzene rings is 1. The third-order valence-corrected chi connectivity index (χ3v) is 6.57. The van der Waals surface area contributed by atoms with Gasteiger partial charge in [0, 0.05) is 18.1 Å². The van der Waals surface area contributed by atoms with Gasteiger partial charge < -0.3 is 10.2 Å².